The van der Waals surface area contributed by atoms with Crippen molar-refractivity contribution in [2.24, 2.45) is 57.2 Å². The Hall–Kier alpha value is -3.00. The maximum absolute atomic E-state index is 14.6. The molecule has 0 amide bonds. The van der Waals surface area contributed by atoms with Crippen LogP contribution in [-0.2, 0) is 30.9 Å². The van der Waals surface area contributed by atoms with Crippen LogP contribution in [0, 0.1) is 57.2 Å². The van der Waals surface area contributed by atoms with Gasteiger partial charge in [0.1, 0.15) is 12.7 Å². The van der Waals surface area contributed by atoms with Gasteiger partial charge in [-0.1, -0.05) is 139 Å². The third kappa shape index (κ3) is 10.3. The lowest BCUT2D eigenvalue weighted by Gasteiger charge is -2.70. The van der Waals surface area contributed by atoms with E-state index in [-0.39, 0.29) is 30.4 Å². The van der Waals surface area contributed by atoms with Crippen LogP contribution in [0.25, 0.3) is 0 Å². The molecule has 0 unspecified atom stereocenters. The Kier molecular flexibility index (Phi) is 16.2. The largest absolute Gasteiger partial charge is 0.462 e. The summed E-state index contributed by atoms with van der Waals surface area (Å²) in [6.07, 6.45) is 31.7. The highest BCUT2D eigenvalue weighted by Gasteiger charge is 2.75. The maximum atomic E-state index is 14.6. The van der Waals surface area contributed by atoms with Gasteiger partial charge in [0.2, 0.25) is 0 Å². The molecule has 7 nitrogen and oxygen atoms in total. The van der Waals surface area contributed by atoms with Crippen LogP contribution >= 0.6 is 0 Å². The molecule has 10 rings (SSSR count). The van der Waals surface area contributed by atoms with Gasteiger partial charge in [-0.15, -0.1) is 0 Å². The molecular weight excluding hydrogens is 905 g/mol. The van der Waals surface area contributed by atoms with E-state index in [1.807, 2.05) is 0 Å². The number of aliphatic hydroxyl groups is 3. The van der Waals surface area contributed by atoms with E-state index in [9.17, 15) is 24.9 Å². The molecule has 10 atom stereocenters. The van der Waals surface area contributed by atoms with E-state index in [1.54, 1.807) is 11.6 Å². The Morgan fingerprint density at radius 1 is 0.795 bits per heavy atom. The average Bonchev–Trinajstić information content (AvgIpc) is 4.15. The van der Waals surface area contributed by atoms with Crippen molar-refractivity contribution < 1.29 is 34.4 Å². The summed E-state index contributed by atoms with van der Waals surface area (Å²) in [6.45, 7) is 7.03. The molecule has 8 aliphatic rings. The van der Waals surface area contributed by atoms with Crippen molar-refractivity contribution in [3.63, 3.8) is 0 Å². The first-order valence-electron chi connectivity index (χ1n) is 30.5. The SMILES string of the molecule is C[C@H](CCCc1ccccc1)CC[C@H](O)[C@]12[C@@H]([C@H](OC(=O)C3CCCCC3)C[C@@H](C)[C@]1(O)CCC1=CC(=O)OC1)[C@](C)(C1CCC3(CC1)C[C@H](CC1(c4ccccc4)CCCCC1)C1(CCCC1)C3)CC[C@@H]2O. The fraction of sp³-hybridized carbons (Fsp3) is 0.758. The van der Waals surface area contributed by atoms with Gasteiger partial charge in [-0.05, 0) is 203 Å². The molecule has 1 heterocycles. The highest BCUT2D eigenvalue weighted by molar-refractivity contribution is 5.85. The van der Waals surface area contributed by atoms with Gasteiger partial charge >= 0.3 is 11.9 Å². The number of hydrogen-bond acceptors (Lipinski definition) is 7. The number of cyclic esters (lactones) is 1. The predicted octanol–water partition coefficient (Wildman–Crippen LogP) is 14.5. The molecule has 2 aromatic carbocycles. The van der Waals surface area contributed by atoms with Crippen molar-refractivity contribution in [3.05, 3.63) is 83.4 Å². The number of carbonyl (C=O) groups is 2. The number of ether oxygens (including phenoxy) is 2. The lowest BCUT2D eigenvalue weighted by atomic mass is 9.37. The van der Waals surface area contributed by atoms with E-state index in [4.69, 9.17) is 9.47 Å². The van der Waals surface area contributed by atoms with Crippen molar-refractivity contribution in [1.29, 1.82) is 0 Å². The normalized spacial score (nSPS) is 37.1. The van der Waals surface area contributed by atoms with Gasteiger partial charge in [-0.3, -0.25) is 4.79 Å². The molecule has 2 aromatic rings. The van der Waals surface area contributed by atoms with Crippen LogP contribution in [0.15, 0.2) is 72.3 Å². The summed E-state index contributed by atoms with van der Waals surface area (Å²) >= 11 is 0. The third-order valence-electron chi connectivity index (χ3n) is 23.2. The second-order valence-electron chi connectivity index (χ2n) is 27.2. The number of carbonyl (C=O) groups excluding carboxylic acids is 2. The minimum atomic E-state index is -1.49. The number of benzene rings is 2. The minimum absolute atomic E-state index is 0.111. The first-order valence-corrected chi connectivity index (χ1v) is 30.5. The average molecular weight is 1000 g/mol. The fourth-order valence-corrected chi connectivity index (χ4v) is 19.4. The van der Waals surface area contributed by atoms with Crippen molar-refractivity contribution in [3.8, 4) is 0 Å². The van der Waals surface area contributed by atoms with Crippen LogP contribution in [0.2, 0.25) is 0 Å². The van der Waals surface area contributed by atoms with Crippen LogP contribution in [0.4, 0.5) is 0 Å². The van der Waals surface area contributed by atoms with Crippen molar-refractivity contribution in [2.45, 2.75) is 249 Å². The lowest BCUT2D eigenvalue weighted by molar-refractivity contribution is -0.328. The first-order chi connectivity index (χ1) is 35.2. The van der Waals surface area contributed by atoms with Gasteiger partial charge in [-0.2, -0.15) is 0 Å². The molecule has 73 heavy (non-hydrogen) atoms. The lowest BCUT2D eigenvalue weighted by Crippen LogP contribution is -2.77. The number of aryl methyl sites for hydroxylation is 1. The zero-order valence-electron chi connectivity index (χ0n) is 45.6. The highest BCUT2D eigenvalue weighted by Crippen LogP contribution is 2.72. The van der Waals surface area contributed by atoms with Gasteiger partial charge in [0.15, 0.2) is 0 Å². The van der Waals surface area contributed by atoms with Gasteiger partial charge in [0.25, 0.3) is 0 Å². The molecule has 2 spiro atoms. The zero-order chi connectivity index (χ0) is 50.9. The molecule has 0 radical (unpaired) electrons. The first kappa shape index (κ1) is 53.4. The summed E-state index contributed by atoms with van der Waals surface area (Å²) in [4.78, 5) is 27.0. The quantitative estimate of drug-likeness (QED) is 0.135. The van der Waals surface area contributed by atoms with E-state index < -0.39 is 40.7 Å². The highest BCUT2D eigenvalue weighted by atomic mass is 16.5. The van der Waals surface area contributed by atoms with Crippen LogP contribution < -0.4 is 0 Å². The number of aliphatic hydroxyl groups excluding tert-OH is 2. The summed E-state index contributed by atoms with van der Waals surface area (Å²) in [5, 5.41) is 40.7. The predicted molar refractivity (Wildman–Crippen MR) is 290 cm³/mol. The summed E-state index contributed by atoms with van der Waals surface area (Å²) in [5.74, 6) is -0.00172. The third-order valence-corrected chi connectivity index (χ3v) is 23.2. The summed E-state index contributed by atoms with van der Waals surface area (Å²) in [7, 11) is 0. The van der Waals surface area contributed by atoms with Gasteiger partial charge in [0, 0.05) is 12.0 Å². The summed E-state index contributed by atoms with van der Waals surface area (Å²) < 4.78 is 12.4. The Labute approximate surface area is 440 Å². The zero-order valence-corrected chi connectivity index (χ0v) is 45.6. The van der Waals surface area contributed by atoms with Crippen LogP contribution in [0.1, 0.15) is 225 Å². The number of esters is 2. The number of rotatable bonds is 17. The second kappa shape index (κ2) is 22.2. The van der Waals surface area contributed by atoms with Crippen molar-refractivity contribution >= 4 is 11.9 Å². The van der Waals surface area contributed by atoms with Gasteiger partial charge < -0.3 is 24.8 Å². The molecule has 7 fully saturated rings. The van der Waals surface area contributed by atoms with E-state index in [2.05, 4.69) is 81.4 Å². The molecule has 3 N–H and O–H groups in total. The van der Waals surface area contributed by atoms with Crippen molar-refractivity contribution in [2.75, 3.05) is 6.61 Å². The molecule has 402 valence electrons. The van der Waals surface area contributed by atoms with Crippen molar-refractivity contribution in [1.82, 2.24) is 0 Å². The molecular formula is C66H96O7. The topological polar surface area (TPSA) is 113 Å². The summed E-state index contributed by atoms with van der Waals surface area (Å²) in [5.41, 5.74) is 1.61. The molecule has 1 aliphatic heterocycles. The fourth-order valence-electron chi connectivity index (χ4n) is 19.4. The number of fused-ring (bicyclic) bond motifs is 1. The molecule has 7 aliphatic carbocycles. The molecule has 0 bridgehead atoms. The van der Waals surface area contributed by atoms with E-state index in [1.165, 1.54) is 95.5 Å². The van der Waals surface area contributed by atoms with Crippen LogP contribution in [0.3, 0.4) is 0 Å². The minimum Gasteiger partial charge on any atom is -0.462 e. The molecule has 0 aromatic heterocycles. The molecule has 7 heteroatoms. The van der Waals surface area contributed by atoms with Crippen LogP contribution in [0.5, 0.6) is 0 Å². The smallest absolute Gasteiger partial charge is 0.331 e. The molecule has 7 saturated carbocycles. The standard InChI is InChI=1S/C66H96O7/c1-47(19-18-22-49-20-8-4-9-21-49)27-28-56(67)66-57(68)32-37-61(3,59(66)55(73-60(70)51-23-10-5-11-24-51)41-48(2)65(66,71)40-29-50-42-58(69)72-45-50)52-30-38-62(39-31-52)43-54(64(46-62)35-16-17-36-64)44-63(33-14-7-15-34-63)53-25-12-6-13-26-53/h4,6,8-9,12-13,20-21,25-26,42,47-48,51-52,54-57,59,67-68,71H,5,7,10-11,14-19,22-24,27-41,43-46H2,1-3H3/t47-,48-,52?,54-,55-,56+,57+,59+,61+,62?,65-,66+/m1/s1. The van der Waals surface area contributed by atoms with Crippen LogP contribution in [-0.4, -0.2) is 57.8 Å². The Morgan fingerprint density at radius 2 is 1.47 bits per heavy atom. The van der Waals surface area contributed by atoms with E-state index in [0.29, 0.717) is 60.2 Å². The Morgan fingerprint density at radius 3 is 2.15 bits per heavy atom. The maximum Gasteiger partial charge on any atom is 0.331 e. The molecule has 0 saturated heterocycles. The van der Waals surface area contributed by atoms with E-state index in [0.717, 1.165) is 88.5 Å². The second-order valence-corrected chi connectivity index (χ2v) is 27.2. The number of hydrogen-bond donors (Lipinski definition) is 3. The monoisotopic (exact) mass is 1000 g/mol. The Balaban J connectivity index is 0.968. The Bertz CT molecular complexity index is 2180. The van der Waals surface area contributed by atoms with Gasteiger partial charge in [0.05, 0.1) is 29.1 Å². The van der Waals surface area contributed by atoms with E-state index >= 15 is 0 Å². The summed E-state index contributed by atoms with van der Waals surface area (Å²) in [6, 6.07) is 22.3. The van der Waals surface area contributed by atoms with Gasteiger partial charge in [-0.25, -0.2) is 4.79 Å².